The standard InChI is InChI=1S/C53H33N3S/c1-2-14-35(15-3-1)52-54-46(34-26-29-37(30-27-34)56-48-23-11-6-18-40(48)41-19-7-12-24-49(41)56)33-47(55-52)36-28-31-45-51(32-36)57-50-25-13-10-22-44(50)53(45)42-20-8-4-16-38(42)39-17-5-9-21-43(39)53/h1-33H. The summed E-state index contributed by atoms with van der Waals surface area (Å²) in [6, 6.07) is 72.4. The van der Waals surface area contributed by atoms with E-state index in [0.29, 0.717) is 5.82 Å². The number of hydrogen-bond donors (Lipinski definition) is 0. The summed E-state index contributed by atoms with van der Waals surface area (Å²) in [5, 5.41) is 2.51. The highest BCUT2D eigenvalue weighted by Gasteiger charge is 2.50. The lowest BCUT2D eigenvalue weighted by Gasteiger charge is -2.39. The van der Waals surface area contributed by atoms with Crippen molar-refractivity contribution in [1.29, 1.82) is 0 Å². The van der Waals surface area contributed by atoms with Gasteiger partial charge in [-0.05, 0) is 75.8 Å². The fraction of sp³-hybridized carbons (Fsp3) is 0.0189. The normalized spacial score (nSPS) is 13.3. The van der Waals surface area contributed by atoms with Crippen LogP contribution >= 0.6 is 11.8 Å². The number of aromatic nitrogens is 3. The fourth-order valence-electron chi connectivity index (χ4n) is 9.46. The molecule has 0 amide bonds. The summed E-state index contributed by atoms with van der Waals surface area (Å²) < 4.78 is 2.35. The molecule has 0 unspecified atom stereocenters. The molecule has 0 N–H and O–H groups in total. The third-order valence-electron chi connectivity index (χ3n) is 11.9. The van der Waals surface area contributed by atoms with Crippen molar-refractivity contribution in [3.8, 4) is 50.7 Å². The Balaban J connectivity index is 1.02. The SMILES string of the molecule is c1ccc(-c2nc(-c3ccc(-n4c5ccccc5c5ccccc54)cc3)cc(-c3ccc4c(c3)Sc3ccccc3C43c4ccccc4-c4ccccc43)n2)cc1. The summed E-state index contributed by atoms with van der Waals surface area (Å²) in [7, 11) is 0. The molecule has 10 aromatic rings. The van der Waals surface area contributed by atoms with Crippen LogP contribution in [0.2, 0.25) is 0 Å². The third kappa shape index (κ3) is 4.74. The van der Waals surface area contributed by atoms with Crippen LogP contribution in [0.4, 0.5) is 0 Å². The number of benzene rings is 8. The number of para-hydroxylation sites is 2. The average molecular weight is 744 g/mol. The lowest BCUT2D eigenvalue weighted by atomic mass is 9.67. The van der Waals surface area contributed by atoms with Crippen molar-refractivity contribution in [2.24, 2.45) is 0 Å². The molecule has 3 nitrogen and oxygen atoms in total. The van der Waals surface area contributed by atoms with E-state index in [1.807, 2.05) is 17.8 Å². The van der Waals surface area contributed by atoms with Crippen molar-refractivity contribution in [3.05, 3.63) is 222 Å². The Hall–Kier alpha value is -7.01. The van der Waals surface area contributed by atoms with E-state index in [0.717, 1.165) is 33.8 Å². The number of rotatable bonds is 4. The van der Waals surface area contributed by atoms with Gasteiger partial charge in [0, 0.05) is 42.9 Å². The summed E-state index contributed by atoms with van der Waals surface area (Å²) in [4.78, 5) is 13.0. The highest BCUT2D eigenvalue weighted by molar-refractivity contribution is 7.99. The minimum absolute atomic E-state index is 0.410. The Morgan fingerprint density at radius 1 is 0.386 bits per heavy atom. The minimum atomic E-state index is -0.410. The van der Waals surface area contributed by atoms with Crippen LogP contribution in [0.15, 0.2) is 210 Å². The average Bonchev–Trinajstić information content (AvgIpc) is 3.77. The molecule has 12 rings (SSSR count). The van der Waals surface area contributed by atoms with Crippen molar-refractivity contribution >= 4 is 33.6 Å². The monoisotopic (exact) mass is 743 g/mol. The smallest absolute Gasteiger partial charge is 0.160 e. The van der Waals surface area contributed by atoms with Crippen LogP contribution in [-0.4, -0.2) is 14.5 Å². The van der Waals surface area contributed by atoms with Gasteiger partial charge in [-0.25, -0.2) is 9.97 Å². The van der Waals surface area contributed by atoms with Crippen LogP contribution in [0.5, 0.6) is 0 Å². The molecule has 2 aliphatic rings. The first-order valence-electron chi connectivity index (χ1n) is 19.4. The Kier molecular flexibility index (Phi) is 7.08. The molecule has 57 heavy (non-hydrogen) atoms. The first-order valence-corrected chi connectivity index (χ1v) is 20.2. The summed E-state index contributed by atoms with van der Waals surface area (Å²) in [5.74, 6) is 0.709. The van der Waals surface area contributed by atoms with E-state index in [1.165, 1.54) is 65.0 Å². The van der Waals surface area contributed by atoms with Gasteiger partial charge in [0.2, 0.25) is 0 Å². The maximum absolute atomic E-state index is 5.26. The van der Waals surface area contributed by atoms with Gasteiger partial charge in [0.25, 0.3) is 0 Å². The van der Waals surface area contributed by atoms with Crippen molar-refractivity contribution < 1.29 is 0 Å². The van der Waals surface area contributed by atoms with E-state index < -0.39 is 5.41 Å². The van der Waals surface area contributed by atoms with Crippen LogP contribution in [0.3, 0.4) is 0 Å². The largest absolute Gasteiger partial charge is 0.309 e. The number of nitrogens with zero attached hydrogens (tertiary/aromatic N) is 3. The molecule has 1 spiro atoms. The zero-order chi connectivity index (χ0) is 37.5. The first-order chi connectivity index (χ1) is 28.3. The molecular weight excluding hydrogens is 711 g/mol. The van der Waals surface area contributed by atoms with Crippen molar-refractivity contribution in [3.63, 3.8) is 0 Å². The van der Waals surface area contributed by atoms with Gasteiger partial charge in [-0.1, -0.05) is 169 Å². The predicted molar refractivity (Wildman–Crippen MR) is 234 cm³/mol. The Morgan fingerprint density at radius 2 is 0.912 bits per heavy atom. The van der Waals surface area contributed by atoms with Gasteiger partial charge in [0.05, 0.1) is 27.8 Å². The van der Waals surface area contributed by atoms with Gasteiger partial charge < -0.3 is 4.57 Å². The minimum Gasteiger partial charge on any atom is -0.309 e. The number of fused-ring (bicyclic) bond motifs is 12. The lowest BCUT2D eigenvalue weighted by Crippen LogP contribution is -2.31. The fourth-order valence-corrected chi connectivity index (χ4v) is 10.7. The van der Waals surface area contributed by atoms with Crippen molar-refractivity contribution in [2.45, 2.75) is 15.2 Å². The third-order valence-corrected chi connectivity index (χ3v) is 13.0. The lowest BCUT2D eigenvalue weighted by molar-refractivity contribution is 0.722. The van der Waals surface area contributed by atoms with Crippen molar-refractivity contribution in [1.82, 2.24) is 14.5 Å². The second kappa shape index (κ2) is 12.5. The molecular formula is C53H33N3S. The van der Waals surface area contributed by atoms with Gasteiger partial charge in [-0.3, -0.25) is 0 Å². The molecule has 8 aromatic carbocycles. The molecule has 0 fully saturated rings. The van der Waals surface area contributed by atoms with Crippen LogP contribution in [-0.2, 0) is 5.41 Å². The molecule has 0 saturated carbocycles. The van der Waals surface area contributed by atoms with Crippen LogP contribution in [0.1, 0.15) is 22.3 Å². The topological polar surface area (TPSA) is 30.7 Å². The second-order valence-corrected chi connectivity index (χ2v) is 16.0. The van der Waals surface area contributed by atoms with E-state index in [9.17, 15) is 0 Å². The molecule has 3 heterocycles. The quantitative estimate of drug-likeness (QED) is 0.180. The Bertz CT molecular complexity index is 3120. The van der Waals surface area contributed by atoms with Crippen LogP contribution < -0.4 is 0 Å². The highest BCUT2D eigenvalue weighted by atomic mass is 32.2. The molecule has 2 aromatic heterocycles. The molecule has 1 aliphatic heterocycles. The summed E-state index contributed by atoms with van der Waals surface area (Å²) in [6.45, 7) is 0. The van der Waals surface area contributed by atoms with Gasteiger partial charge >= 0.3 is 0 Å². The van der Waals surface area contributed by atoms with Gasteiger partial charge in [-0.2, -0.15) is 0 Å². The van der Waals surface area contributed by atoms with E-state index >= 15 is 0 Å². The summed E-state index contributed by atoms with van der Waals surface area (Å²) in [6.07, 6.45) is 0. The summed E-state index contributed by atoms with van der Waals surface area (Å²) >= 11 is 1.86. The predicted octanol–water partition coefficient (Wildman–Crippen LogP) is 13.4. The van der Waals surface area contributed by atoms with Crippen LogP contribution in [0, 0.1) is 0 Å². The van der Waals surface area contributed by atoms with Gasteiger partial charge in [-0.15, -0.1) is 0 Å². The molecule has 0 bridgehead atoms. The second-order valence-electron chi connectivity index (χ2n) is 14.9. The highest BCUT2D eigenvalue weighted by Crippen LogP contribution is 2.62. The van der Waals surface area contributed by atoms with E-state index in [-0.39, 0.29) is 0 Å². The zero-order valence-electron chi connectivity index (χ0n) is 30.8. The summed E-state index contributed by atoms with van der Waals surface area (Å²) in [5.41, 5.74) is 15.9. The molecule has 1 aliphatic carbocycles. The number of hydrogen-bond acceptors (Lipinski definition) is 3. The van der Waals surface area contributed by atoms with Gasteiger partial charge in [0.15, 0.2) is 5.82 Å². The Labute approximate surface area is 335 Å². The van der Waals surface area contributed by atoms with E-state index in [2.05, 4.69) is 199 Å². The molecule has 0 radical (unpaired) electrons. The van der Waals surface area contributed by atoms with Gasteiger partial charge in [0.1, 0.15) is 0 Å². The molecule has 0 saturated heterocycles. The van der Waals surface area contributed by atoms with E-state index in [4.69, 9.17) is 9.97 Å². The molecule has 0 atom stereocenters. The van der Waals surface area contributed by atoms with Crippen molar-refractivity contribution in [2.75, 3.05) is 0 Å². The maximum atomic E-state index is 5.26. The molecule has 4 heteroatoms. The van der Waals surface area contributed by atoms with Crippen LogP contribution in [0.25, 0.3) is 72.5 Å². The zero-order valence-corrected chi connectivity index (χ0v) is 31.6. The first kappa shape index (κ1) is 32.3. The molecule has 266 valence electrons. The van der Waals surface area contributed by atoms with E-state index in [1.54, 1.807) is 0 Å². The Morgan fingerprint density at radius 3 is 1.60 bits per heavy atom. The maximum Gasteiger partial charge on any atom is 0.160 e.